The first-order chi connectivity index (χ1) is 11.6. The smallest absolute Gasteiger partial charge is 0.234 e. The van der Waals surface area contributed by atoms with Gasteiger partial charge in [-0.2, -0.15) is 0 Å². The van der Waals surface area contributed by atoms with Gasteiger partial charge in [0.15, 0.2) is 11.0 Å². The van der Waals surface area contributed by atoms with Crippen LogP contribution in [-0.4, -0.2) is 26.4 Å². The maximum Gasteiger partial charge on any atom is 0.234 e. The van der Waals surface area contributed by atoms with E-state index in [9.17, 15) is 9.18 Å². The number of hydrogen-bond donors (Lipinski definition) is 1. The zero-order chi connectivity index (χ0) is 16.9. The largest absolute Gasteiger partial charge is 0.325 e. The van der Waals surface area contributed by atoms with E-state index in [1.54, 1.807) is 12.1 Å². The highest BCUT2D eigenvalue weighted by Crippen LogP contribution is 2.22. The van der Waals surface area contributed by atoms with Gasteiger partial charge in [0.1, 0.15) is 5.82 Å². The summed E-state index contributed by atoms with van der Waals surface area (Å²) in [5.74, 6) is 0.289. The van der Waals surface area contributed by atoms with E-state index in [-0.39, 0.29) is 17.5 Å². The van der Waals surface area contributed by atoms with Crippen molar-refractivity contribution in [2.75, 3.05) is 11.1 Å². The van der Waals surface area contributed by atoms with Gasteiger partial charge in [-0.3, -0.25) is 4.79 Å². The van der Waals surface area contributed by atoms with Gasteiger partial charge in [0.25, 0.3) is 0 Å². The summed E-state index contributed by atoms with van der Waals surface area (Å²) in [5.41, 5.74) is 1.40. The molecular weight excluding hydrogens is 327 g/mol. The van der Waals surface area contributed by atoms with Gasteiger partial charge in [0.05, 0.1) is 5.75 Å². The van der Waals surface area contributed by atoms with E-state index in [0.29, 0.717) is 10.8 Å². The molecule has 1 aromatic heterocycles. The zero-order valence-corrected chi connectivity index (χ0v) is 13.8. The van der Waals surface area contributed by atoms with Gasteiger partial charge in [0.2, 0.25) is 5.91 Å². The van der Waals surface area contributed by atoms with E-state index in [2.05, 4.69) is 15.5 Å². The van der Waals surface area contributed by atoms with Crippen LogP contribution in [0.4, 0.5) is 10.1 Å². The molecule has 0 atom stereocenters. The monoisotopic (exact) mass is 342 g/mol. The van der Waals surface area contributed by atoms with E-state index < -0.39 is 0 Å². The molecule has 2 aromatic carbocycles. The Hall–Kier alpha value is -2.67. The number of aromatic nitrogens is 3. The Kier molecular flexibility index (Phi) is 4.90. The fraction of sp³-hybridized carbons (Fsp3) is 0.118. The van der Waals surface area contributed by atoms with Gasteiger partial charge >= 0.3 is 0 Å². The molecule has 0 aliphatic carbocycles. The second-order valence-electron chi connectivity index (χ2n) is 5.08. The molecule has 0 saturated carbocycles. The Morgan fingerprint density at radius 2 is 1.96 bits per heavy atom. The third-order valence-electron chi connectivity index (χ3n) is 3.31. The predicted octanol–water partition coefficient (Wildman–Crippen LogP) is 3.35. The Morgan fingerprint density at radius 3 is 2.71 bits per heavy atom. The molecular formula is C17H15FN4OS. The molecule has 0 aliphatic rings. The summed E-state index contributed by atoms with van der Waals surface area (Å²) < 4.78 is 14.9. The highest BCUT2D eigenvalue weighted by atomic mass is 32.2. The highest BCUT2D eigenvalue weighted by molar-refractivity contribution is 7.99. The molecule has 0 unspecified atom stereocenters. The average Bonchev–Trinajstić information content (AvgIpc) is 2.94. The number of benzene rings is 2. The normalized spacial score (nSPS) is 10.6. The summed E-state index contributed by atoms with van der Waals surface area (Å²) in [7, 11) is 1.86. The molecule has 1 N–H and O–H groups in total. The molecule has 0 aliphatic heterocycles. The number of carbonyl (C=O) groups excluding carboxylic acids is 1. The van der Waals surface area contributed by atoms with E-state index >= 15 is 0 Å². The summed E-state index contributed by atoms with van der Waals surface area (Å²) in [5, 5.41) is 11.6. The van der Waals surface area contributed by atoms with Crippen LogP contribution in [0.15, 0.2) is 59.8 Å². The molecule has 0 saturated heterocycles. The third kappa shape index (κ3) is 3.80. The quantitative estimate of drug-likeness (QED) is 0.723. The molecule has 0 fully saturated rings. The lowest BCUT2D eigenvalue weighted by atomic mass is 10.2. The molecule has 0 spiro atoms. The minimum absolute atomic E-state index is 0.164. The van der Waals surface area contributed by atoms with Crippen molar-refractivity contribution in [1.82, 2.24) is 14.8 Å². The fourth-order valence-electron chi connectivity index (χ4n) is 2.17. The molecule has 5 nitrogen and oxygen atoms in total. The third-order valence-corrected chi connectivity index (χ3v) is 4.33. The van der Waals surface area contributed by atoms with Crippen molar-refractivity contribution < 1.29 is 9.18 Å². The Balaban J connectivity index is 1.63. The summed E-state index contributed by atoms with van der Waals surface area (Å²) in [6.07, 6.45) is 0. The maximum atomic E-state index is 13.1. The second-order valence-corrected chi connectivity index (χ2v) is 6.02. The first kappa shape index (κ1) is 16.2. The number of halogens is 1. The predicted molar refractivity (Wildman–Crippen MR) is 92.2 cm³/mol. The number of anilines is 1. The van der Waals surface area contributed by atoms with Gasteiger partial charge < -0.3 is 9.88 Å². The molecule has 1 amide bonds. The molecule has 7 heteroatoms. The molecule has 0 radical (unpaired) electrons. The van der Waals surface area contributed by atoms with Crippen LogP contribution in [0, 0.1) is 5.82 Å². The molecule has 3 rings (SSSR count). The van der Waals surface area contributed by atoms with Crippen LogP contribution < -0.4 is 5.32 Å². The number of nitrogens with one attached hydrogen (secondary N) is 1. The summed E-state index contributed by atoms with van der Waals surface area (Å²) >= 11 is 1.28. The number of carbonyl (C=O) groups is 1. The number of thioether (sulfide) groups is 1. The Bertz CT molecular complexity index is 851. The van der Waals surface area contributed by atoms with Crippen molar-refractivity contribution in [1.29, 1.82) is 0 Å². The summed E-state index contributed by atoms with van der Waals surface area (Å²) in [6.45, 7) is 0. The van der Waals surface area contributed by atoms with Gasteiger partial charge in [-0.1, -0.05) is 48.2 Å². The van der Waals surface area contributed by atoms with Gasteiger partial charge in [-0.25, -0.2) is 4.39 Å². The van der Waals surface area contributed by atoms with Gasteiger partial charge in [0, 0.05) is 18.3 Å². The fourth-order valence-corrected chi connectivity index (χ4v) is 2.88. The second kappa shape index (κ2) is 7.27. The van der Waals surface area contributed by atoms with Crippen molar-refractivity contribution in [2.24, 2.45) is 7.05 Å². The van der Waals surface area contributed by atoms with E-state index in [1.807, 2.05) is 41.9 Å². The first-order valence-electron chi connectivity index (χ1n) is 7.26. The van der Waals surface area contributed by atoms with Crippen molar-refractivity contribution in [3.8, 4) is 11.4 Å². The molecule has 3 aromatic rings. The van der Waals surface area contributed by atoms with Crippen molar-refractivity contribution in [2.45, 2.75) is 5.16 Å². The average molecular weight is 342 g/mol. The Labute approximate surface area is 142 Å². The molecule has 1 heterocycles. The molecule has 122 valence electrons. The van der Waals surface area contributed by atoms with Crippen LogP contribution in [0.3, 0.4) is 0 Å². The van der Waals surface area contributed by atoms with E-state index in [0.717, 1.165) is 11.4 Å². The van der Waals surface area contributed by atoms with Crippen LogP contribution in [0.2, 0.25) is 0 Å². The number of hydrogen-bond acceptors (Lipinski definition) is 4. The summed E-state index contributed by atoms with van der Waals surface area (Å²) in [6, 6.07) is 15.5. The Morgan fingerprint density at radius 1 is 1.17 bits per heavy atom. The number of amides is 1. The van der Waals surface area contributed by atoms with Crippen LogP contribution in [0.25, 0.3) is 11.4 Å². The van der Waals surface area contributed by atoms with Crippen molar-refractivity contribution in [3.05, 3.63) is 60.4 Å². The lowest BCUT2D eigenvalue weighted by molar-refractivity contribution is -0.113. The van der Waals surface area contributed by atoms with Gasteiger partial charge in [-0.15, -0.1) is 10.2 Å². The van der Waals surface area contributed by atoms with Crippen LogP contribution in [-0.2, 0) is 11.8 Å². The first-order valence-corrected chi connectivity index (χ1v) is 8.25. The summed E-state index contributed by atoms with van der Waals surface area (Å²) in [4.78, 5) is 12.0. The molecule has 24 heavy (non-hydrogen) atoms. The lowest BCUT2D eigenvalue weighted by Crippen LogP contribution is -2.14. The van der Waals surface area contributed by atoms with Crippen LogP contribution in [0.5, 0.6) is 0 Å². The number of nitrogens with zero attached hydrogens (tertiary/aromatic N) is 3. The topological polar surface area (TPSA) is 59.8 Å². The van der Waals surface area contributed by atoms with E-state index in [4.69, 9.17) is 0 Å². The van der Waals surface area contributed by atoms with Crippen LogP contribution in [0.1, 0.15) is 0 Å². The van der Waals surface area contributed by atoms with Crippen LogP contribution >= 0.6 is 11.8 Å². The SMILES string of the molecule is Cn1c(SCC(=O)Nc2cccc(F)c2)nnc1-c1ccccc1. The van der Waals surface area contributed by atoms with Gasteiger partial charge in [-0.05, 0) is 18.2 Å². The standard InChI is InChI=1S/C17H15FN4OS/c1-22-16(12-6-3-2-4-7-12)20-21-17(22)24-11-15(23)19-14-9-5-8-13(18)10-14/h2-10H,11H2,1H3,(H,19,23). The number of rotatable bonds is 5. The van der Waals surface area contributed by atoms with E-state index in [1.165, 1.54) is 23.9 Å². The minimum Gasteiger partial charge on any atom is -0.325 e. The lowest BCUT2D eigenvalue weighted by Gasteiger charge is -2.05. The maximum absolute atomic E-state index is 13.1. The zero-order valence-electron chi connectivity index (χ0n) is 12.9. The highest BCUT2D eigenvalue weighted by Gasteiger charge is 2.12. The van der Waals surface area contributed by atoms with Crippen molar-refractivity contribution >= 4 is 23.4 Å². The minimum atomic E-state index is -0.388. The van der Waals surface area contributed by atoms with Crippen molar-refractivity contribution in [3.63, 3.8) is 0 Å². The molecule has 0 bridgehead atoms.